The van der Waals surface area contributed by atoms with Crippen LogP contribution in [0.2, 0.25) is 0 Å². The van der Waals surface area contributed by atoms with Crippen molar-refractivity contribution >= 4 is 5.96 Å². The molecule has 0 aliphatic rings. The Labute approximate surface area is 172 Å². The molecule has 0 unspecified atom stereocenters. The molecule has 3 rings (SSSR count). The van der Waals surface area contributed by atoms with Crippen molar-refractivity contribution in [3.05, 3.63) is 83.4 Å². The van der Waals surface area contributed by atoms with Gasteiger partial charge in [0.1, 0.15) is 5.75 Å². The highest BCUT2D eigenvalue weighted by Crippen LogP contribution is 2.19. The van der Waals surface area contributed by atoms with Crippen molar-refractivity contribution in [1.82, 2.24) is 20.2 Å². The Balaban J connectivity index is 1.65. The van der Waals surface area contributed by atoms with Crippen molar-refractivity contribution in [3.63, 3.8) is 0 Å². The number of hydrogen-bond acceptors (Lipinski definition) is 3. The minimum atomic E-state index is 0.609. The largest absolute Gasteiger partial charge is 0.496 e. The van der Waals surface area contributed by atoms with Crippen molar-refractivity contribution in [2.45, 2.75) is 33.5 Å². The van der Waals surface area contributed by atoms with Gasteiger partial charge in [0.25, 0.3) is 0 Å². The molecular weight excluding hydrogens is 362 g/mol. The molecule has 0 amide bonds. The van der Waals surface area contributed by atoms with Gasteiger partial charge in [0, 0.05) is 37.6 Å². The maximum Gasteiger partial charge on any atom is 0.191 e. The second-order valence-electron chi connectivity index (χ2n) is 6.92. The summed E-state index contributed by atoms with van der Waals surface area (Å²) in [5.41, 5.74) is 4.69. The summed E-state index contributed by atoms with van der Waals surface area (Å²) >= 11 is 0. The van der Waals surface area contributed by atoms with Gasteiger partial charge >= 0.3 is 0 Å². The molecule has 0 spiro atoms. The first kappa shape index (κ1) is 20.5. The van der Waals surface area contributed by atoms with E-state index in [0.29, 0.717) is 13.1 Å². The van der Waals surface area contributed by atoms with Gasteiger partial charge in [-0.2, -0.15) is 0 Å². The van der Waals surface area contributed by atoms with E-state index in [1.54, 1.807) is 13.3 Å². The van der Waals surface area contributed by atoms with Gasteiger partial charge in [0.05, 0.1) is 20.0 Å². The van der Waals surface area contributed by atoms with E-state index in [-0.39, 0.29) is 0 Å². The smallest absolute Gasteiger partial charge is 0.191 e. The van der Waals surface area contributed by atoms with Crippen molar-refractivity contribution in [2.24, 2.45) is 4.99 Å². The van der Waals surface area contributed by atoms with Crippen LogP contribution in [0.3, 0.4) is 0 Å². The third-order valence-corrected chi connectivity index (χ3v) is 4.57. The van der Waals surface area contributed by atoms with Gasteiger partial charge in [-0.25, -0.2) is 9.98 Å². The summed E-state index contributed by atoms with van der Waals surface area (Å²) in [4.78, 5) is 8.84. The summed E-state index contributed by atoms with van der Waals surface area (Å²) in [6, 6.07) is 14.7. The number of nitrogens with zero attached hydrogens (tertiary/aromatic N) is 3. The zero-order chi connectivity index (χ0) is 20.5. The maximum atomic E-state index is 5.50. The van der Waals surface area contributed by atoms with E-state index in [2.05, 4.69) is 70.4 Å². The molecule has 3 aromatic rings. The number of methoxy groups -OCH3 is 1. The number of aliphatic imine (C=N–C) groups is 1. The normalized spacial score (nSPS) is 11.3. The van der Waals surface area contributed by atoms with Crippen LogP contribution in [0.4, 0.5) is 0 Å². The molecule has 1 aromatic heterocycles. The van der Waals surface area contributed by atoms with Gasteiger partial charge in [-0.3, -0.25) is 0 Å². The van der Waals surface area contributed by atoms with Crippen LogP contribution in [0.15, 0.2) is 66.2 Å². The SMILES string of the molecule is CCNC(=NCc1cccc(Cn2ccnc2)c1)NCc1ccc(C)cc1OC. The van der Waals surface area contributed by atoms with Crippen LogP contribution in [0.25, 0.3) is 0 Å². The summed E-state index contributed by atoms with van der Waals surface area (Å²) in [6.07, 6.45) is 5.60. The third kappa shape index (κ3) is 6.10. The highest BCUT2D eigenvalue weighted by Gasteiger charge is 2.05. The van der Waals surface area contributed by atoms with Gasteiger partial charge in [0.15, 0.2) is 5.96 Å². The topological polar surface area (TPSA) is 63.5 Å². The average Bonchev–Trinajstić information content (AvgIpc) is 3.24. The monoisotopic (exact) mass is 391 g/mol. The van der Waals surface area contributed by atoms with Gasteiger partial charge in [-0.15, -0.1) is 0 Å². The zero-order valence-electron chi connectivity index (χ0n) is 17.4. The summed E-state index contributed by atoms with van der Waals surface area (Å²) in [5, 5.41) is 6.71. The molecule has 6 nitrogen and oxygen atoms in total. The first-order valence-corrected chi connectivity index (χ1v) is 9.87. The number of guanidine groups is 1. The second kappa shape index (κ2) is 10.3. The molecule has 0 saturated carbocycles. The van der Waals surface area contributed by atoms with Crippen LogP contribution in [0.5, 0.6) is 5.75 Å². The lowest BCUT2D eigenvalue weighted by Crippen LogP contribution is -2.36. The van der Waals surface area contributed by atoms with E-state index >= 15 is 0 Å². The number of benzene rings is 2. The summed E-state index contributed by atoms with van der Waals surface area (Å²) in [6.45, 7) is 7.00. The number of rotatable bonds is 8. The van der Waals surface area contributed by atoms with Gasteiger partial charge in [-0.1, -0.05) is 36.4 Å². The molecule has 0 aliphatic carbocycles. The molecule has 0 fully saturated rings. The van der Waals surface area contributed by atoms with Crippen LogP contribution in [-0.2, 0) is 19.6 Å². The zero-order valence-corrected chi connectivity index (χ0v) is 17.4. The summed E-state index contributed by atoms with van der Waals surface area (Å²) in [7, 11) is 1.70. The highest BCUT2D eigenvalue weighted by atomic mass is 16.5. The number of hydrogen-bond donors (Lipinski definition) is 2. The number of nitrogens with one attached hydrogen (secondary N) is 2. The van der Waals surface area contributed by atoms with E-state index < -0.39 is 0 Å². The molecule has 0 aliphatic heterocycles. The van der Waals surface area contributed by atoms with Crippen LogP contribution >= 0.6 is 0 Å². The van der Waals surface area contributed by atoms with Crippen LogP contribution in [-0.4, -0.2) is 29.2 Å². The van der Waals surface area contributed by atoms with E-state index in [0.717, 1.165) is 30.4 Å². The van der Waals surface area contributed by atoms with Gasteiger partial charge in [-0.05, 0) is 36.6 Å². The summed E-state index contributed by atoms with van der Waals surface area (Å²) < 4.78 is 7.56. The predicted octanol–water partition coefficient (Wildman–Crippen LogP) is 3.50. The fraction of sp³-hybridized carbons (Fsp3) is 0.304. The predicted molar refractivity (Wildman–Crippen MR) is 117 cm³/mol. The number of imidazole rings is 1. The first-order chi connectivity index (χ1) is 14.2. The Bertz CT molecular complexity index is 934. The molecule has 152 valence electrons. The van der Waals surface area contributed by atoms with E-state index in [1.807, 2.05) is 18.6 Å². The Morgan fingerprint density at radius 2 is 2.00 bits per heavy atom. The lowest BCUT2D eigenvalue weighted by atomic mass is 10.1. The molecular formula is C23H29N5O. The van der Waals surface area contributed by atoms with Crippen molar-refractivity contribution < 1.29 is 4.74 Å². The van der Waals surface area contributed by atoms with Crippen molar-refractivity contribution in [2.75, 3.05) is 13.7 Å². The Kier molecular flexibility index (Phi) is 7.28. The molecule has 0 bridgehead atoms. The third-order valence-electron chi connectivity index (χ3n) is 4.57. The Morgan fingerprint density at radius 1 is 1.14 bits per heavy atom. The number of aryl methyl sites for hydroxylation is 1. The fourth-order valence-electron chi connectivity index (χ4n) is 3.11. The van der Waals surface area contributed by atoms with Crippen molar-refractivity contribution in [3.8, 4) is 5.75 Å². The Morgan fingerprint density at radius 3 is 2.76 bits per heavy atom. The van der Waals surface area contributed by atoms with E-state index in [1.165, 1.54) is 16.7 Å². The molecule has 1 heterocycles. The standard InChI is InChI=1S/C23H29N5O/c1-4-25-23(27-15-21-9-8-18(2)12-22(21)29-3)26-14-19-6-5-7-20(13-19)16-28-11-10-24-17-28/h5-13,17H,4,14-16H2,1-3H3,(H2,25,26,27). The average molecular weight is 392 g/mol. The molecule has 0 saturated heterocycles. The quantitative estimate of drug-likeness (QED) is 0.456. The molecule has 0 atom stereocenters. The maximum absolute atomic E-state index is 5.50. The molecule has 6 heteroatoms. The molecule has 2 N–H and O–H groups in total. The van der Waals surface area contributed by atoms with Gasteiger partial charge < -0.3 is 19.9 Å². The van der Waals surface area contributed by atoms with Crippen LogP contribution < -0.4 is 15.4 Å². The van der Waals surface area contributed by atoms with Crippen LogP contribution in [0.1, 0.15) is 29.2 Å². The number of aromatic nitrogens is 2. The number of ether oxygens (including phenoxy) is 1. The van der Waals surface area contributed by atoms with Gasteiger partial charge in [0.2, 0.25) is 0 Å². The van der Waals surface area contributed by atoms with Crippen LogP contribution in [0, 0.1) is 6.92 Å². The van der Waals surface area contributed by atoms with E-state index in [9.17, 15) is 0 Å². The highest BCUT2D eigenvalue weighted by molar-refractivity contribution is 5.79. The minimum absolute atomic E-state index is 0.609. The molecule has 0 radical (unpaired) electrons. The van der Waals surface area contributed by atoms with Crippen molar-refractivity contribution in [1.29, 1.82) is 0 Å². The lowest BCUT2D eigenvalue weighted by Gasteiger charge is -2.14. The second-order valence-corrected chi connectivity index (χ2v) is 6.92. The van der Waals surface area contributed by atoms with E-state index in [4.69, 9.17) is 9.73 Å². The first-order valence-electron chi connectivity index (χ1n) is 9.87. The minimum Gasteiger partial charge on any atom is -0.496 e. The molecule has 2 aromatic carbocycles. The fourth-order valence-corrected chi connectivity index (χ4v) is 3.11. The Hall–Kier alpha value is -3.28. The summed E-state index contributed by atoms with van der Waals surface area (Å²) in [5.74, 6) is 1.68. The lowest BCUT2D eigenvalue weighted by molar-refractivity contribution is 0.408. The molecule has 29 heavy (non-hydrogen) atoms.